The van der Waals surface area contributed by atoms with Crippen LogP contribution in [0.15, 0.2) is 33.2 Å². The average Bonchev–Trinajstić information content (AvgIpc) is 3.40. The van der Waals surface area contributed by atoms with Crippen molar-refractivity contribution in [2.24, 2.45) is 0 Å². The Hall–Kier alpha value is -3.59. The molecule has 35 heavy (non-hydrogen) atoms. The maximum absolute atomic E-state index is 12.5. The van der Waals surface area contributed by atoms with E-state index in [0.717, 1.165) is 24.5 Å². The van der Waals surface area contributed by atoms with Crippen LogP contribution in [0.2, 0.25) is 0 Å². The molecule has 0 aromatic carbocycles. The Labute approximate surface area is 200 Å². The third-order valence-corrected chi connectivity index (χ3v) is 5.64. The highest BCUT2D eigenvalue weighted by molar-refractivity contribution is 7.09. The van der Waals surface area contributed by atoms with Gasteiger partial charge in [-0.05, 0) is 13.3 Å². The molecule has 1 aliphatic rings. The van der Waals surface area contributed by atoms with Gasteiger partial charge < -0.3 is 14.9 Å². The standard InChI is InChI=1S/C18H20N6O3S.C2HF3O2/c1-12-14(9-21-27-12)18(26)20-8-13-7-17(25)24-5-2-4-23(10-15(24)22-13)11-16-19-3-6-28-16;3-2(4,5)1(6)7/h3,6-7,9H,2,4-5,8,10-11H2,1H3,(H,20,26);(H,6,7). The quantitative estimate of drug-likeness (QED) is 0.522. The van der Waals surface area contributed by atoms with Gasteiger partial charge in [-0.2, -0.15) is 13.2 Å². The third-order valence-electron chi connectivity index (χ3n) is 4.87. The lowest BCUT2D eigenvalue weighted by Crippen LogP contribution is -2.30. The summed E-state index contributed by atoms with van der Waals surface area (Å²) in [4.78, 5) is 44.9. The molecule has 0 saturated carbocycles. The summed E-state index contributed by atoms with van der Waals surface area (Å²) < 4.78 is 38.4. The minimum Gasteiger partial charge on any atom is -0.475 e. The Morgan fingerprint density at radius 2 is 2.06 bits per heavy atom. The molecule has 0 aliphatic carbocycles. The number of carboxylic acids is 1. The fourth-order valence-electron chi connectivity index (χ4n) is 3.23. The summed E-state index contributed by atoms with van der Waals surface area (Å²) in [6, 6.07) is 1.49. The lowest BCUT2D eigenvalue weighted by Gasteiger charge is -2.18. The zero-order chi connectivity index (χ0) is 25.6. The van der Waals surface area contributed by atoms with Crippen LogP contribution < -0.4 is 10.9 Å². The third kappa shape index (κ3) is 7.19. The van der Waals surface area contributed by atoms with Gasteiger partial charge in [0.1, 0.15) is 22.2 Å². The van der Waals surface area contributed by atoms with E-state index < -0.39 is 12.1 Å². The predicted molar refractivity (Wildman–Crippen MR) is 115 cm³/mol. The number of nitrogens with zero attached hydrogens (tertiary/aromatic N) is 5. The van der Waals surface area contributed by atoms with E-state index >= 15 is 0 Å². The summed E-state index contributed by atoms with van der Waals surface area (Å²) >= 11 is 1.62. The second-order valence-electron chi connectivity index (χ2n) is 7.42. The maximum atomic E-state index is 12.5. The van der Waals surface area contributed by atoms with Crippen molar-refractivity contribution in [2.75, 3.05) is 6.54 Å². The van der Waals surface area contributed by atoms with Crippen molar-refractivity contribution in [3.63, 3.8) is 0 Å². The van der Waals surface area contributed by atoms with E-state index in [4.69, 9.17) is 14.4 Å². The summed E-state index contributed by atoms with van der Waals surface area (Å²) in [5, 5.41) is 16.5. The largest absolute Gasteiger partial charge is 0.490 e. The molecule has 3 aromatic heterocycles. The van der Waals surface area contributed by atoms with Crippen LogP contribution in [0.25, 0.3) is 0 Å². The molecule has 1 amide bonds. The smallest absolute Gasteiger partial charge is 0.475 e. The number of aromatic nitrogens is 4. The van der Waals surface area contributed by atoms with Gasteiger partial charge in [0.15, 0.2) is 0 Å². The molecule has 15 heteroatoms. The highest BCUT2D eigenvalue weighted by Crippen LogP contribution is 2.15. The first-order valence-electron chi connectivity index (χ1n) is 10.2. The number of aliphatic carboxylic acids is 1. The second kappa shape index (κ2) is 11.2. The van der Waals surface area contributed by atoms with E-state index in [0.29, 0.717) is 35.9 Å². The SMILES string of the molecule is Cc1oncc1C(=O)NCc1cc(=O)n2c(n1)CN(Cc1nccs1)CCC2.O=C(O)C(F)(F)F. The summed E-state index contributed by atoms with van der Waals surface area (Å²) in [7, 11) is 0. The fourth-order valence-corrected chi connectivity index (χ4v) is 3.89. The van der Waals surface area contributed by atoms with E-state index in [9.17, 15) is 22.8 Å². The van der Waals surface area contributed by atoms with Crippen LogP contribution in [-0.4, -0.2) is 54.3 Å². The first kappa shape index (κ1) is 26.0. The van der Waals surface area contributed by atoms with E-state index in [1.807, 2.05) is 5.38 Å². The van der Waals surface area contributed by atoms with Gasteiger partial charge in [-0.3, -0.25) is 19.1 Å². The Kier molecular flexibility index (Phi) is 8.34. The van der Waals surface area contributed by atoms with Crippen LogP contribution in [0.5, 0.6) is 0 Å². The molecule has 0 bridgehead atoms. The van der Waals surface area contributed by atoms with E-state index in [1.165, 1.54) is 12.3 Å². The number of aryl methyl sites for hydroxylation is 1. The summed E-state index contributed by atoms with van der Waals surface area (Å²) in [5.41, 5.74) is 0.822. The first-order chi connectivity index (χ1) is 16.5. The Morgan fingerprint density at radius 1 is 1.31 bits per heavy atom. The van der Waals surface area contributed by atoms with Crippen molar-refractivity contribution >= 4 is 23.2 Å². The number of fused-ring (bicyclic) bond motifs is 1. The minimum atomic E-state index is -5.08. The van der Waals surface area contributed by atoms with Crippen LogP contribution in [-0.2, 0) is 31.0 Å². The average molecular weight is 514 g/mol. The molecule has 0 radical (unpaired) electrons. The topological polar surface area (TPSA) is 143 Å². The lowest BCUT2D eigenvalue weighted by molar-refractivity contribution is -0.192. The minimum absolute atomic E-state index is 0.0912. The first-order valence-corrected chi connectivity index (χ1v) is 11.1. The number of halogens is 3. The van der Waals surface area contributed by atoms with Crippen molar-refractivity contribution in [3.8, 4) is 0 Å². The second-order valence-corrected chi connectivity index (χ2v) is 8.40. The van der Waals surface area contributed by atoms with Gasteiger partial charge in [0.05, 0.1) is 31.5 Å². The summed E-state index contributed by atoms with van der Waals surface area (Å²) in [6.45, 7) is 4.66. The molecule has 4 rings (SSSR count). The maximum Gasteiger partial charge on any atom is 0.490 e. The molecule has 3 aromatic rings. The van der Waals surface area contributed by atoms with E-state index in [1.54, 1.807) is 29.0 Å². The van der Waals surface area contributed by atoms with Crippen LogP contribution >= 0.6 is 11.3 Å². The number of carbonyl (C=O) groups is 2. The number of nitrogens with one attached hydrogen (secondary N) is 1. The molecule has 0 fully saturated rings. The highest BCUT2D eigenvalue weighted by atomic mass is 32.1. The number of carboxylic acid groups (broad SMARTS) is 1. The number of rotatable bonds is 5. The molecular formula is C20H21F3N6O5S. The Bertz CT molecular complexity index is 1220. The van der Waals surface area contributed by atoms with Crippen LogP contribution in [0, 0.1) is 6.92 Å². The van der Waals surface area contributed by atoms with Gasteiger partial charge in [-0.15, -0.1) is 11.3 Å². The van der Waals surface area contributed by atoms with E-state index in [2.05, 4.69) is 25.3 Å². The monoisotopic (exact) mass is 514 g/mol. The molecule has 0 unspecified atom stereocenters. The van der Waals surface area contributed by atoms with Gasteiger partial charge in [0.25, 0.3) is 11.5 Å². The Balaban J connectivity index is 0.000000429. The number of alkyl halides is 3. The molecule has 4 heterocycles. The van der Waals surface area contributed by atoms with Gasteiger partial charge in [-0.1, -0.05) is 5.16 Å². The number of hydrogen-bond acceptors (Lipinski definition) is 9. The Morgan fingerprint density at radius 3 is 2.66 bits per heavy atom. The zero-order valence-electron chi connectivity index (χ0n) is 18.4. The van der Waals surface area contributed by atoms with E-state index in [-0.39, 0.29) is 18.0 Å². The van der Waals surface area contributed by atoms with Gasteiger partial charge in [-0.25, -0.2) is 14.8 Å². The normalized spacial score (nSPS) is 13.8. The predicted octanol–water partition coefficient (Wildman–Crippen LogP) is 1.97. The van der Waals surface area contributed by atoms with Crippen LogP contribution in [0.1, 0.15) is 39.1 Å². The molecule has 11 nitrogen and oxygen atoms in total. The summed E-state index contributed by atoms with van der Waals surface area (Å²) in [6.07, 6.45) is -1.03. The van der Waals surface area contributed by atoms with Gasteiger partial charge in [0, 0.05) is 30.7 Å². The molecule has 0 atom stereocenters. The van der Waals surface area contributed by atoms with Crippen molar-refractivity contribution in [1.82, 2.24) is 29.9 Å². The van der Waals surface area contributed by atoms with Crippen LogP contribution in [0.3, 0.4) is 0 Å². The van der Waals surface area contributed by atoms with Gasteiger partial charge >= 0.3 is 12.1 Å². The molecule has 0 saturated heterocycles. The van der Waals surface area contributed by atoms with Crippen molar-refractivity contribution in [2.45, 2.75) is 45.7 Å². The summed E-state index contributed by atoms with van der Waals surface area (Å²) in [5.74, 6) is -1.90. The number of carbonyl (C=O) groups excluding carboxylic acids is 1. The van der Waals surface area contributed by atoms with Crippen LogP contribution in [0.4, 0.5) is 13.2 Å². The van der Waals surface area contributed by atoms with Crippen molar-refractivity contribution < 1.29 is 32.4 Å². The highest BCUT2D eigenvalue weighted by Gasteiger charge is 2.38. The molecule has 0 spiro atoms. The van der Waals surface area contributed by atoms with Gasteiger partial charge in [0.2, 0.25) is 0 Å². The molecule has 2 N–H and O–H groups in total. The fraction of sp³-hybridized carbons (Fsp3) is 0.400. The number of hydrogen-bond donors (Lipinski definition) is 2. The van der Waals surface area contributed by atoms with Crippen molar-refractivity contribution in [3.05, 3.63) is 62.0 Å². The molecule has 1 aliphatic heterocycles. The number of amides is 1. The zero-order valence-corrected chi connectivity index (χ0v) is 19.2. The molecule has 188 valence electrons. The van der Waals surface area contributed by atoms with Crippen molar-refractivity contribution in [1.29, 1.82) is 0 Å². The molecular weight excluding hydrogens is 493 g/mol. The lowest BCUT2D eigenvalue weighted by atomic mass is 10.2. The number of thiazole rings is 1.